The summed E-state index contributed by atoms with van der Waals surface area (Å²) in [4.78, 5) is 13.3. The largest absolute Gasteiger partial charge is 0.491 e. The van der Waals surface area contributed by atoms with Crippen LogP contribution in [0.25, 0.3) is 0 Å². The standard InChI is InChI=1S/C14H21N3O2/c1-2-8-19-12-5-3-4-11(13(12)15)17-7-6-10(9-17)14(16)18/h3-5,10H,2,6-9,15H2,1H3,(H2,16,18). The molecule has 1 saturated heterocycles. The molecule has 1 heterocycles. The van der Waals surface area contributed by atoms with Gasteiger partial charge >= 0.3 is 0 Å². The number of carbonyl (C=O) groups is 1. The second kappa shape index (κ2) is 5.82. The molecule has 1 unspecified atom stereocenters. The number of benzene rings is 1. The van der Waals surface area contributed by atoms with Crippen LogP contribution in [-0.4, -0.2) is 25.6 Å². The molecule has 1 fully saturated rings. The van der Waals surface area contributed by atoms with Crippen LogP contribution in [0.1, 0.15) is 19.8 Å². The number of nitrogens with zero attached hydrogens (tertiary/aromatic N) is 1. The van der Waals surface area contributed by atoms with Gasteiger partial charge in [0, 0.05) is 13.1 Å². The third-order valence-corrected chi connectivity index (χ3v) is 3.44. The number of rotatable bonds is 5. The number of anilines is 2. The molecule has 19 heavy (non-hydrogen) atoms. The van der Waals surface area contributed by atoms with Crippen molar-refractivity contribution < 1.29 is 9.53 Å². The fourth-order valence-electron chi connectivity index (χ4n) is 2.36. The Kier molecular flexibility index (Phi) is 4.14. The lowest BCUT2D eigenvalue weighted by Gasteiger charge is -2.21. The van der Waals surface area contributed by atoms with Crippen molar-refractivity contribution in [1.82, 2.24) is 0 Å². The van der Waals surface area contributed by atoms with E-state index in [2.05, 4.69) is 11.8 Å². The molecule has 1 atom stereocenters. The van der Waals surface area contributed by atoms with Crippen molar-refractivity contribution in [3.05, 3.63) is 18.2 Å². The average molecular weight is 263 g/mol. The van der Waals surface area contributed by atoms with Gasteiger partial charge in [-0.1, -0.05) is 13.0 Å². The Morgan fingerprint density at radius 3 is 2.95 bits per heavy atom. The van der Waals surface area contributed by atoms with E-state index in [1.807, 2.05) is 18.2 Å². The van der Waals surface area contributed by atoms with Crippen molar-refractivity contribution in [3.63, 3.8) is 0 Å². The number of nitrogen functional groups attached to an aromatic ring is 1. The Bertz CT molecular complexity index is 462. The Balaban J connectivity index is 2.14. The summed E-state index contributed by atoms with van der Waals surface area (Å²) >= 11 is 0. The van der Waals surface area contributed by atoms with E-state index in [0.717, 1.165) is 25.1 Å². The van der Waals surface area contributed by atoms with Crippen LogP contribution in [0.2, 0.25) is 0 Å². The molecule has 0 radical (unpaired) electrons. The Morgan fingerprint density at radius 2 is 2.32 bits per heavy atom. The van der Waals surface area contributed by atoms with E-state index in [-0.39, 0.29) is 11.8 Å². The van der Waals surface area contributed by atoms with Crippen LogP contribution >= 0.6 is 0 Å². The molecule has 4 N–H and O–H groups in total. The van der Waals surface area contributed by atoms with Gasteiger partial charge in [-0.15, -0.1) is 0 Å². The zero-order valence-electron chi connectivity index (χ0n) is 11.3. The van der Waals surface area contributed by atoms with E-state index in [9.17, 15) is 4.79 Å². The first-order valence-electron chi connectivity index (χ1n) is 6.69. The van der Waals surface area contributed by atoms with Crippen molar-refractivity contribution in [2.45, 2.75) is 19.8 Å². The molecule has 2 rings (SSSR count). The number of amides is 1. The van der Waals surface area contributed by atoms with E-state index in [4.69, 9.17) is 16.2 Å². The van der Waals surface area contributed by atoms with Gasteiger partial charge in [0.2, 0.25) is 5.91 Å². The maximum atomic E-state index is 11.2. The average Bonchev–Trinajstić information content (AvgIpc) is 2.87. The molecule has 104 valence electrons. The summed E-state index contributed by atoms with van der Waals surface area (Å²) in [5, 5.41) is 0. The maximum absolute atomic E-state index is 11.2. The van der Waals surface area contributed by atoms with Crippen LogP contribution in [0.5, 0.6) is 5.75 Å². The number of nitrogens with two attached hydrogens (primary N) is 2. The molecule has 1 aromatic carbocycles. The molecule has 1 aliphatic rings. The summed E-state index contributed by atoms with van der Waals surface area (Å²) in [7, 11) is 0. The first-order valence-corrected chi connectivity index (χ1v) is 6.69. The first-order chi connectivity index (χ1) is 9.13. The number of hydrogen-bond donors (Lipinski definition) is 2. The van der Waals surface area contributed by atoms with Gasteiger partial charge in [0.25, 0.3) is 0 Å². The van der Waals surface area contributed by atoms with Gasteiger partial charge in [-0.25, -0.2) is 0 Å². The predicted molar refractivity (Wildman–Crippen MR) is 76.2 cm³/mol. The van der Waals surface area contributed by atoms with Crippen molar-refractivity contribution in [3.8, 4) is 5.75 Å². The molecule has 1 aromatic rings. The summed E-state index contributed by atoms with van der Waals surface area (Å²) in [5.41, 5.74) is 13.1. The summed E-state index contributed by atoms with van der Waals surface area (Å²) < 4.78 is 5.62. The van der Waals surface area contributed by atoms with Gasteiger partial charge in [0.05, 0.1) is 23.9 Å². The smallest absolute Gasteiger partial charge is 0.222 e. The molecule has 0 aromatic heterocycles. The Morgan fingerprint density at radius 1 is 1.53 bits per heavy atom. The molecule has 1 amide bonds. The van der Waals surface area contributed by atoms with Crippen LogP contribution in [0, 0.1) is 5.92 Å². The van der Waals surface area contributed by atoms with Crippen molar-refractivity contribution in [2.24, 2.45) is 11.7 Å². The number of para-hydroxylation sites is 1. The van der Waals surface area contributed by atoms with E-state index >= 15 is 0 Å². The van der Waals surface area contributed by atoms with Crippen LogP contribution in [-0.2, 0) is 4.79 Å². The molecular weight excluding hydrogens is 242 g/mol. The molecule has 0 bridgehead atoms. The normalized spacial score (nSPS) is 18.6. The zero-order chi connectivity index (χ0) is 13.8. The Labute approximate surface area is 113 Å². The van der Waals surface area contributed by atoms with Gasteiger partial charge in [-0.2, -0.15) is 0 Å². The molecule has 0 aliphatic carbocycles. The lowest BCUT2D eigenvalue weighted by Crippen LogP contribution is -2.27. The third-order valence-electron chi connectivity index (χ3n) is 3.44. The maximum Gasteiger partial charge on any atom is 0.222 e. The minimum absolute atomic E-state index is 0.0837. The fourth-order valence-corrected chi connectivity index (χ4v) is 2.36. The summed E-state index contributed by atoms with van der Waals surface area (Å²) in [6.07, 6.45) is 1.73. The topological polar surface area (TPSA) is 81.6 Å². The minimum Gasteiger partial charge on any atom is -0.491 e. The molecule has 0 saturated carbocycles. The number of carbonyl (C=O) groups excluding carboxylic acids is 1. The minimum atomic E-state index is -0.237. The second-order valence-electron chi connectivity index (χ2n) is 4.87. The van der Waals surface area contributed by atoms with Crippen LogP contribution in [0.4, 0.5) is 11.4 Å². The highest BCUT2D eigenvalue weighted by Gasteiger charge is 2.28. The summed E-state index contributed by atoms with van der Waals surface area (Å²) in [5.74, 6) is 0.390. The number of primary amides is 1. The van der Waals surface area contributed by atoms with Gasteiger partial charge in [-0.3, -0.25) is 4.79 Å². The van der Waals surface area contributed by atoms with E-state index in [1.165, 1.54) is 0 Å². The SMILES string of the molecule is CCCOc1cccc(N2CCC(C(N)=O)C2)c1N. The molecule has 1 aliphatic heterocycles. The molecule has 5 nitrogen and oxygen atoms in total. The lowest BCUT2D eigenvalue weighted by molar-refractivity contribution is -0.121. The van der Waals surface area contributed by atoms with Gasteiger partial charge in [-0.05, 0) is 25.0 Å². The zero-order valence-corrected chi connectivity index (χ0v) is 11.3. The summed E-state index contributed by atoms with van der Waals surface area (Å²) in [6, 6.07) is 5.75. The van der Waals surface area contributed by atoms with E-state index < -0.39 is 0 Å². The van der Waals surface area contributed by atoms with Crippen molar-refractivity contribution in [1.29, 1.82) is 0 Å². The lowest BCUT2D eigenvalue weighted by atomic mass is 10.1. The fraction of sp³-hybridized carbons (Fsp3) is 0.500. The number of ether oxygens (including phenoxy) is 1. The van der Waals surface area contributed by atoms with Crippen LogP contribution in [0.3, 0.4) is 0 Å². The van der Waals surface area contributed by atoms with E-state index in [0.29, 0.717) is 24.6 Å². The van der Waals surface area contributed by atoms with Gasteiger partial charge in [0.15, 0.2) is 0 Å². The van der Waals surface area contributed by atoms with E-state index in [1.54, 1.807) is 0 Å². The monoisotopic (exact) mass is 263 g/mol. The van der Waals surface area contributed by atoms with Gasteiger partial charge < -0.3 is 21.1 Å². The molecular formula is C14H21N3O2. The molecule has 0 spiro atoms. The second-order valence-corrected chi connectivity index (χ2v) is 4.87. The molecule has 5 heteroatoms. The highest BCUT2D eigenvalue weighted by molar-refractivity contribution is 5.80. The summed E-state index contributed by atoms with van der Waals surface area (Å²) in [6.45, 7) is 4.14. The van der Waals surface area contributed by atoms with Crippen molar-refractivity contribution >= 4 is 17.3 Å². The van der Waals surface area contributed by atoms with Crippen LogP contribution < -0.4 is 21.1 Å². The van der Waals surface area contributed by atoms with Crippen LogP contribution in [0.15, 0.2) is 18.2 Å². The third kappa shape index (κ3) is 2.92. The Hall–Kier alpha value is -1.91. The first kappa shape index (κ1) is 13.5. The number of hydrogen-bond acceptors (Lipinski definition) is 4. The van der Waals surface area contributed by atoms with Gasteiger partial charge in [0.1, 0.15) is 5.75 Å². The van der Waals surface area contributed by atoms with Crippen molar-refractivity contribution in [2.75, 3.05) is 30.3 Å². The predicted octanol–water partition coefficient (Wildman–Crippen LogP) is 1.37. The highest BCUT2D eigenvalue weighted by Crippen LogP contribution is 2.35. The quantitative estimate of drug-likeness (QED) is 0.786. The highest BCUT2D eigenvalue weighted by atomic mass is 16.5.